The number of benzene rings is 2. The predicted molar refractivity (Wildman–Crippen MR) is 151 cm³/mol. The van der Waals surface area contributed by atoms with E-state index in [4.69, 9.17) is 4.74 Å². The Kier molecular flexibility index (Phi) is 6.65. The number of carbonyl (C=O) groups is 2. The molecule has 4 atom stereocenters. The van der Waals surface area contributed by atoms with Gasteiger partial charge in [-0.15, -0.1) is 11.3 Å². The first kappa shape index (κ1) is 25.0. The van der Waals surface area contributed by atoms with Gasteiger partial charge in [-0.25, -0.2) is 9.78 Å². The SMILES string of the molecule is Cc1cccc(-c2sc(C)nc2C(=O)N2C[C@@H]3CC(C)C[C@@H]3[C@H]2CNC(=O)Oc2nsc3ccccc23)c1. The maximum absolute atomic E-state index is 14.0. The summed E-state index contributed by atoms with van der Waals surface area (Å²) in [5.74, 6) is 1.65. The number of likely N-dealkylation sites (tertiary alicyclic amines) is 1. The number of rotatable bonds is 5. The Morgan fingerprint density at radius 3 is 2.82 bits per heavy atom. The molecule has 4 aromatic rings. The molecule has 0 spiro atoms. The van der Waals surface area contributed by atoms with E-state index in [1.54, 1.807) is 11.3 Å². The van der Waals surface area contributed by atoms with Crippen molar-refractivity contribution in [1.82, 2.24) is 19.6 Å². The van der Waals surface area contributed by atoms with E-state index < -0.39 is 6.09 Å². The highest BCUT2D eigenvalue weighted by atomic mass is 32.1. The Bertz CT molecular complexity index is 1510. The Labute approximate surface area is 230 Å². The quantitative estimate of drug-likeness (QED) is 0.317. The summed E-state index contributed by atoms with van der Waals surface area (Å²) in [6.45, 7) is 7.30. The second-order valence-electron chi connectivity index (χ2n) is 10.6. The third-order valence-corrected chi connectivity index (χ3v) is 9.61. The molecule has 2 amide bonds. The molecule has 196 valence electrons. The molecule has 3 heterocycles. The lowest BCUT2D eigenvalue weighted by Crippen LogP contribution is -2.46. The molecule has 1 saturated heterocycles. The molecule has 0 radical (unpaired) electrons. The lowest BCUT2D eigenvalue weighted by molar-refractivity contribution is 0.0702. The molecule has 1 saturated carbocycles. The van der Waals surface area contributed by atoms with Crippen LogP contribution in [0.5, 0.6) is 5.88 Å². The van der Waals surface area contributed by atoms with E-state index in [1.165, 1.54) is 11.5 Å². The second-order valence-corrected chi connectivity index (χ2v) is 12.6. The number of fused-ring (bicyclic) bond motifs is 2. The van der Waals surface area contributed by atoms with Crippen LogP contribution in [0.25, 0.3) is 20.5 Å². The zero-order chi connectivity index (χ0) is 26.4. The van der Waals surface area contributed by atoms with Crippen molar-refractivity contribution in [1.29, 1.82) is 0 Å². The number of thiazole rings is 1. The molecular weight excluding hydrogens is 516 g/mol. The number of amides is 2. The van der Waals surface area contributed by atoms with E-state index in [-0.39, 0.29) is 11.9 Å². The van der Waals surface area contributed by atoms with Crippen LogP contribution in [0.4, 0.5) is 4.79 Å². The van der Waals surface area contributed by atoms with Gasteiger partial charge in [-0.05, 0) is 73.7 Å². The summed E-state index contributed by atoms with van der Waals surface area (Å²) in [5, 5.41) is 4.63. The fourth-order valence-electron chi connectivity index (χ4n) is 6.18. The predicted octanol–water partition coefficient (Wildman–Crippen LogP) is 6.31. The molecule has 1 unspecified atom stereocenters. The first-order chi connectivity index (χ1) is 18.4. The molecule has 2 aliphatic rings. The maximum Gasteiger partial charge on any atom is 0.414 e. The van der Waals surface area contributed by atoms with Crippen molar-refractivity contribution >= 4 is 45.0 Å². The Hall–Kier alpha value is -3.30. The van der Waals surface area contributed by atoms with E-state index in [1.807, 2.05) is 48.2 Å². The van der Waals surface area contributed by atoms with E-state index >= 15 is 0 Å². The van der Waals surface area contributed by atoms with Gasteiger partial charge in [-0.1, -0.05) is 48.9 Å². The number of carbonyl (C=O) groups excluding carboxylic acids is 2. The zero-order valence-corrected chi connectivity index (χ0v) is 23.3. The Morgan fingerprint density at radius 2 is 1.97 bits per heavy atom. The van der Waals surface area contributed by atoms with Crippen LogP contribution in [-0.2, 0) is 0 Å². The number of ether oxygens (including phenoxy) is 1. The van der Waals surface area contributed by atoms with Crippen molar-refractivity contribution in [3.05, 3.63) is 64.8 Å². The largest absolute Gasteiger partial charge is 0.414 e. The molecule has 2 fully saturated rings. The minimum atomic E-state index is -0.548. The minimum Gasteiger partial charge on any atom is -0.390 e. The summed E-state index contributed by atoms with van der Waals surface area (Å²) < 4.78 is 10.8. The zero-order valence-electron chi connectivity index (χ0n) is 21.6. The highest BCUT2D eigenvalue weighted by molar-refractivity contribution is 7.15. The van der Waals surface area contributed by atoms with E-state index in [9.17, 15) is 9.59 Å². The van der Waals surface area contributed by atoms with Gasteiger partial charge in [-0.2, -0.15) is 4.37 Å². The van der Waals surface area contributed by atoms with Crippen LogP contribution in [0.15, 0.2) is 48.5 Å². The van der Waals surface area contributed by atoms with Gasteiger partial charge in [0.1, 0.15) is 5.69 Å². The second kappa shape index (κ2) is 10.1. The van der Waals surface area contributed by atoms with Crippen LogP contribution < -0.4 is 10.1 Å². The molecule has 1 aliphatic carbocycles. The van der Waals surface area contributed by atoms with Crippen molar-refractivity contribution in [3.63, 3.8) is 0 Å². The molecule has 9 heteroatoms. The lowest BCUT2D eigenvalue weighted by atomic mass is 9.93. The molecule has 6 rings (SSSR count). The van der Waals surface area contributed by atoms with E-state index in [0.717, 1.165) is 43.9 Å². The van der Waals surface area contributed by atoms with Gasteiger partial charge in [0.15, 0.2) is 0 Å². The number of hydrogen-bond acceptors (Lipinski definition) is 7. The van der Waals surface area contributed by atoms with Crippen LogP contribution in [-0.4, -0.2) is 45.4 Å². The summed E-state index contributed by atoms with van der Waals surface area (Å²) >= 11 is 2.86. The fourth-order valence-corrected chi connectivity index (χ4v) is 7.80. The monoisotopic (exact) mass is 546 g/mol. The maximum atomic E-state index is 14.0. The van der Waals surface area contributed by atoms with Gasteiger partial charge in [0.25, 0.3) is 5.91 Å². The van der Waals surface area contributed by atoms with Crippen LogP contribution >= 0.6 is 22.9 Å². The van der Waals surface area contributed by atoms with Crippen LogP contribution in [0.2, 0.25) is 0 Å². The Balaban J connectivity index is 1.22. The third-order valence-electron chi connectivity index (χ3n) is 7.78. The number of aryl methyl sites for hydroxylation is 2. The van der Waals surface area contributed by atoms with Gasteiger partial charge >= 0.3 is 6.09 Å². The summed E-state index contributed by atoms with van der Waals surface area (Å²) in [6.07, 6.45) is 1.60. The molecular formula is C29H30N4O3S2. The van der Waals surface area contributed by atoms with Crippen LogP contribution in [0.1, 0.15) is 40.8 Å². The van der Waals surface area contributed by atoms with Gasteiger partial charge in [-0.3, -0.25) is 4.79 Å². The molecule has 2 aromatic heterocycles. The topological polar surface area (TPSA) is 84.4 Å². The molecule has 2 aromatic carbocycles. The van der Waals surface area contributed by atoms with Crippen molar-refractivity contribution in [3.8, 4) is 16.3 Å². The number of nitrogens with zero attached hydrogens (tertiary/aromatic N) is 3. The summed E-state index contributed by atoms with van der Waals surface area (Å²) in [4.78, 5) is 34.4. The molecule has 1 N–H and O–H groups in total. The average molecular weight is 547 g/mol. The molecule has 1 aliphatic heterocycles. The number of nitrogens with one attached hydrogen (secondary N) is 1. The lowest BCUT2D eigenvalue weighted by Gasteiger charge is -2.28. The molecule has 38 heavy (non-hydrogen) atoms. The summed E-state index contributed by atoms with van der Waals surface area (Å²) in [6, 6.07) is 15.8. The van der Waals surface area contributed by atoms with Gasteiger partial charge in [0.2, 0.25) is 5.88 Å². The first-order valence-corrected chi connectivity index (χ1v) is 14.6. The number of aromatic nitrogens is 2. The third kappa shape index (κ3) is 4.69. The molecule has 0 bridgehead atoms. The molecule has 7 nitrogen and oxygen atoms in total. The smallest absolute Gasteiger partial charge is 0.390 e. The first-order valence-electron chi connectivity index (χ1n) is 13.0. The normalized spacial score (nSPS) is 22.6. The fraction of sp³-hybridized carbons (Fsp3) is 0.379. The summed E-state index contributed by atoms with van der Waals surface area (Å²) in [5.41, 5.74) is 2.67. The highest BCUT2D eigenvalue weighted by Crippen LogP contribution is 2.46. The minimum absolute atomic E-state index is 0.0569. The van der Waals surface area contributed by atoms with Gasteiger partial charge in [0.05, 0.1) is 26.0 Å². The van der Waals surface area contributed by atoms with Crippen molar-refractivity contribution < 1.29 is 14.3 Å². The average Bonchev–Trinajstić information content (AvgIpc) is 3.65. The van der Waals surface area contributed by atoms with Crippen molar-refractivity contribution in [2.24, 2.45) is 17.8 Å². The highest BCUT2D eigenvalue weighted by Gasteiger charge is 2.48. The van der Waals surface area contributed by atoms with Crippen molar-refractivity contribution in [2.45, 2.75) is 39.7 Å². The van der Waals surface area contributed by atoms with E-state index in [0.29, 0.717) is 42.4 Å². The number of hydrogen-bond donors (Lipinski definition) is 1. The standard InChI is InChI=1S/C29H30N4O3S2/c1-16-7-6-8-19(11-16)26-25(31-18(3)37-26)28(34)33-15-20-12-17(2)13-22(20)23(33)14-30-29(35)36-27-21-9-4-5-10-24(21)38-32-27/h4-11,17,20,22-23H,12-15H2,1-3H3,(H,30,35)/t17?,20-,22-,23+/m0/s1. The van der Waals surface area contributed by atoms with Crippen LogP contribution in [0, 0.1) is 31.6 Å². The van der Waals surface area contributed by atoms with E-state index in [2.05, 4.69) is 40.7 Å². The summed E-state index contributed by atoms with van der Waals surface area (Å²) in [7, 11) is 0. The Morgan fingerprint density at radius 1 is 1.13 bits per heavy atom. The van der Waals surface area contributed by atoms with Crippen molar-refractivity contribution in [2.75, 3.05) is 13.1 Å². The van der Waals surface area contributed by atoms with Gasteiger partial charge < -0.3 is 15.0 Å². The van der Waals surface area contributed by atoms with Crippen LogP contribution in [0.3, 0.4) is 0 Å². The van der Waals surface area contributed by atoms with Gasteiger partial charge in [0, 0.05) is 13.1 Å².